The summed E-state index contributed by atoms with van der Waals surface area (Å²) in [7, 11) is 0. The first-order valence-electron chi connectivity index (χ1n) is 7.95. The molecule has 124 valence electrons. The fraction of sp³-hybridized carbons (Fsp3) is 0.471. The Morgan fingerprint density at radius 1 is 1.22 bits per heavy atom. The molecule has 2 heterocycles. The second-order valence-electron chi connectivity index (χ2n) is 5.88. The summed E-state index contributed by atoms with van der Waals surface area (Å²) in [6, 6.07) is 3.99. The largest absolute Gasteiger partial charge is 0.325 e. The number of hydrazone groups is 1. The van der Waals surface area contributed by atoms with Crippen LogP contribution < -0.4 is 10.7 Å². The predicted octanol–water partition coefficient (Wildman–Crippen LogP) is 3.61. The minimum Gasteiger partial charge on any atom is -0.325 e. The summed E-state index contributed by atoms with van der Waals surface area (Å²) in [4.78, 5) is 22.8. The maximum Gasteiger partial charge on any atom is 0.240 e. The zero-order valence-corrected chi connectivity index (χ0v) is 15.3. The van der Waals surface area contributed by atoms with Crippen LogP contribution in [0.25, 0.3) is 0 Å². The van der Waals surface area contributed by atoms with E-state index < -0.39 is 0 Å². The van der Waals surface area contributed by atoms with Gasteiger partial charge in [-0.3, -0.25) is 9.59 Å². The van der Waals surface area contributed by atoms with E-state index in [0.717, 1.165) is 33.4 Å². The minimum absolute atomic E-state index is 0.0431. The molecule has 3 rings (SSSR count). The van der Waals surface area contributed by atoms with Crippen molar-refractivity contribution in [2.45, 2.75) is 46.5 Å². The van der Waals surface area contributed by atoms with Gasteiger partial charge in [0.05, 0.1) is 11.4 Å². The van der Waals surface area contributed by atoms with Gasteiger partial charge in [-0.15, -0.1) is 0 Å². The molecule has 0 radical (unpaired) electrons. The molecule has 0 fully saturated rings. The first kappa shape index (κ1) is 17.7. The number of halogens is 1. The Kier molecular flexibility index (Phi) is 5.93. The van der Waals surface area contributed by atoms with Crippen LogP contribution in [-0.2, 0) is 16.0 Å². The van der Waals surface area contributed by atoms with Crippen LogP contribution in [0.2, 0.25) is 0 Å². The molecule has 6 heteroatoms. The Morgan fingerprint density at radius 2 is 1.91 bits per heavy atom. The van der Waals surface area contributed by atoms with E-state index in [1.54, 1.807) is 0 Å². The normalized spacial score (nSPS) is 19.7. The third-order valence-corrected chi connectivity index (χ3v) is 4.24. The van der Waals surface area contributed by atoms with Crippen molar-refractivity contribution < 1.29 is 9.59 Å². The Morgan fingerprint density at radius 3 is 2.57 bits per heavy atom. The Bertz CT molecular complexity index is 655. The van der Waals surface area contributed by atoms with Gasteiger partial charge < -0.3 is 5.32 Å². The first-order valence-corrected chi connectivity index (χ1v) is 8.74. The van der Waals surface area contributed by atoms with Crippen molar-refractivity contribution in [2.75, 3.05) is 5.32 Å². The zero-order valence-electron chi connectivity index (χ0n) is 13.7. The topological polar surface area (TPSA) is 70.6 Å². The minimum atomic E-state index is -0.0504. The molecule has 0 aromatic heterocycles. The summed E-state index contributed by atoms with van der Waals surface area (Å²) in [6.45, 7) is 6.24. The monoisotopic (exact) mass is 379 g/mol. The maximum atomic E-state index is 11.4. The molecule has 2 aliphatic heterocycles. The van der Waals surface area contributed by atoms with Gasteiger partial charge in [0.25, 0.3) is 0 Å². The third kappa shape index (κ3) is 4.19. The van der Waals surface area contributed by atoms with Gasteiger partial charge in [-0.25, -0.2) is 5.43 Å². The summed E-state index contributed by atoms with van der Waals surface area (Å²) in [5.74, 6) is 0.0824. The van der Waals surface area contributed by atoms with Gasteiger partial charge in [-0.05, 0) is 45.6 Å². The molecule has 2 aliphatic rings. The average molecular weight is 380 g/mol. The van der Waals surface area contributed by atoms with Gasteiger partial charge in [0.15, 0.2) is 0 Å². The number of fused-ring (bicyclic) bond motifs is 1. The summed E-state index contributed by atoms with van der Waals surface area (Å²) >= 11 is 3.50. The van der Waals surface area contributed by atoms with E-state index in [4.69, 9.17) is 0 Å². The van der Waals surface area contributed by atoms with Gasteiger partial charge in [0.1, 0.15) is 0 Å². The van der Waals surface area contributed by atoms with Gasteiger partial charge in [-0.2, -0.15) is 5.10 Å². The lowest BCUT2D eigenvalue weighted by atomic mass is 9.91. The highest BCUT2D eigenvalue weighted by Crippen LogP contribution is 2.33. The van der Waals surface area contributed by atoms with Crippen molar-refractivity contribution >= 4 is 39.1 Å². The molecule has 1 unspecified atom stereocenters. The average Bonchev–Trinajstić information content (AvgIpc) is 2.48. The number of nitrogens with zero attached hydrogens (tertiary/aromatic N) is 1. The maximum absolute atomic E-state index is 11.4. The van der Waals surface area contributed by atoms with Crippen molar-refractivity contribution in [3.05, 3.63) is 27.7 Å². The van der Waals surface area contributed by atoms with E-state index in [1.165, 1.54) is 6.42 Å². The molecule has 0 saturated carbocycles. The molecule has 5 nitrogen and oxygen atoms in total. The van der Waals surface area contributed by atoms with Gasteiger partial charge in [0, 0.05) is 23.2 Å². The van der Waals surface area contributed by atoms with E-state index in [1.807, 2.05) is 19.1 Å². The molecular formula is C17H22BrN3O2. The smallest absolute Gasteiger partial charge is 0.240 e. The summed E-state index contributed by atoms with van der Waals surface area (Å²) in [5.41, 5.74) is 6.34. The predicted molar refractivity (Wildman–Crippen MR) is 95.5 cm³/mol. The highest BCUT2D eigenvalue weighted by Gasteiger charge is 2.24. The molecular weight excluding hydrogens is 358 g/mol. The number of nitrogens with one attached hydrogen (secondary N) is 2. The number of carbonyl (C=O) groups excluding carboxylic acids is 2. The molecule has 23 heavy (non-hydrogen) atoms. The lowest BCUT2D eigenvalue weighted by molar-refractivity contribution is -0.122. The van der Waals surface area contributed by atoms with Gasteiger partial charge in [0.2, 0.25) is 11.8 Å². The molecule has 0 saturated heterocycles. The van der Waals surface area contributed by atoms with Crippen LogP contribution in [0.15, 0.2) is 21.7 Å². The zero-order chi connectivity index (χ0) is 17.0. The highest BCUT2D eigenvalue weighted by atomic mass is 79.9. The third-order valence-electron chi connectivity index (χ3n) is 3.61. The van der Waals surface area contributed by atoms with Gasteiger partial charge in [-0.1, -0.05) is 27.2 Å². The van der Waals surface area contributed by atoms with E-state index in [-0.39, 0.29) is 17.7 Å². The number of carbonyl (C=O) groups is 2. The second-order valence-corrected chi connectivity index (χ2v) is 6.74. The molecule has 0 bridgehead atoms. The fourth-order valence-corrected chi connectivity index (χ4v) is 3.20. The number of hydrogen-bond donors (Lipinski definition) is 2. The summed E-state index contributed by atoms with van der Waals surface area (Å²) in [6.07, 6.45) is 2.92. The van der Waals surface area contributed by atoms with Crippen molar-refractivity contribution in [3.63, 3.8) is 0 Å². The van der Waals surface area contributed by atoms with Crippen LogP contribution in [0.5, 0.6) is 0 Å². The lowest BCUT2D eigenvalue weighted by Gasteiger charge is -2.23. The quantitative estimate of drug-likeness (QED) is 0.782. The lowest BCUT2D eigenvalue weighted by Crippen LogP contribution is -2.32. The molecule has 2 N–H and O–H groups in total. The van der Waals surface area contributed by atoms with Crippen molar-refractivity contribution in [1.82, 2.24) is 5.43 Å². The van der Waals surface area contributed by atoms with Crippen LogP contribution in [-0.4, -0.2) is 17.5 Å². The molecule has 0 aliphatic carbocycles. The SMILES string of the molecule is CC1CC(=O)NN=C1c1cc(Br)c2c(c1)CCC(=O)N2.CCC. The Labute approximate surface area is 145 Å². The van der Waals surface area contributed by atoms with E-state index in [0.29, 0.717) is 12.8 Å². The molecule has 1 aromatic carbocycles. The Hall–Kier alpha value is -1.69. The number of amides is 2. The molecule has 0 spiro atoms. The highest BCUT2D eigenvalue weighted by molar-refractivity contribution is 9.10. The van der Waals surface area contributed by atoms with Crippen LogP contribution in [0.3, 0.4) is 0 Å². The summed E-state index contributed by atoms with van der Waals surface area (Å²) < 4.78 is 0.852. The van der Waals surface area contributed by atoms with Crippen molar-refractivity contribution in [2.24, 2.45) is 11.0 Å². The number of aryl methyl sites for hydroxylation is 1. The van der Waals surface area contributed by atoms with Crippen molar-refractivity contribution in [3.8, 4) is 0 Å². The number of benzene rings is 1. The van der Waals surface area contributed by atoms with Crippen LogP contribution in [0, 0.1) is 5.92 Å². The van der Waals surface area contributed by atoms with Crippen molar-refractivity contribution in [1.29, 1.82) is 0 Å². The van der Waals surface area contributed by atoms with Crippen LogP contribution in [0.4, 0.5) is 5.69 Å². The van der Waals surface area contributed by atoms with E-state index >= 15 is 0 Å². The van der Waals surface area contributed by atoms with Crippen LogP contribution in [0.1, 0.15) is 51.2 Å². The molecule has 1 atom stereocenters. The molecule has 2 amide bonds. The number of hydrogen-bond acceptors (Lipinski definition) is 3. The number of rotatable bonds is 1. The summed E-state index contributed by atoms with van der Waals surface area (Å²) in [5, 5.41) is 7.06. The van der Waals surface area contributed by atoms with Crippen LogP contribution >= 0.6 is 15.9 Å². The molecule has 1 aromatic rings. The first-order chi connectivity index (χ1) is 11.0. The standard InChI is InChI=1S/C14H14BrN3O2.C3H8/c1-7-4-12(20)17-18-13(7)9-5-8-2-3-11(19)16-14(8)10(15)6-9;1-3-2/h5-7H,2-4H2,1H3,(H,16,19)(H,17,20);3H2,1-2H3. The second kappa shape index (κ2) is 7.73. The van der Waals surface area contributed by atoms with Gasteiger partial charge >= 0.3 is 0 Å². The number of anilines is 1. The Balaban J connectivity index is 0.000000595. The fourth-order valence-electron chi connectivity index (χ4n) is 2.60. The van der Waals surface area contributed by atoms with E-state index in [9.17, 15) is 9.59 Å². The van der Waals surface area contributed by atoms with E-state index in [2.05, 4.69) is 45.6 Å².